The van der Waals surface area contributed by atoms with Gasteiger partial charge in [0.2, 0.25) is 5.91 Å². The molecule has 0 bridgehead atoms. The largest absolute Gasteiger partial charge is 0.325 e. The van der Waals surface area contributed by atoms with Gasteiger partial charge in [0.05, 0.1) is 24.0 Å². The van der Waals surface area contributed by atoms with Crippen LogP contribution in [-0.4, -0.2) is 21.5 Å². The van der Waals surface area contributed by atoms with Gasteiger partial charge in [0.25, 0.3) is 0 Å². The highest BCUT2D eigenvalue weighted by atomic mass is 16.1. The number of hydrogen-bond donors (Lipinski definition) is 1. The second-order valence-electron chi connectivity index (χ2n) is 5.46. The topological polar surface area (TPSA) is 64.0 Å². The number of ketones is 1. The highest BCUT2D eigenvalue weighted by Gasteiger charge is 2.11. The monoisotopic (exact) mass is 319 g/mol. The van der Waals surface area contributed by atoms with Crippen LogP contribution in [0.25, 0.3) is 5.69 Å². The molecule has 1 heterocycles. The molecule has 0 atom stereocenters. The number of benzene rings is 2. The van der Waals surface area contributed by atoms with Gasteiger partial charge < -0.3 is 5.32 Å². The molecule has 0 saturated heterocycles. The first kappa shape index (κ1) is 15.7. The number of aromatic nitrogens is 2. The van der Waals surface area contributed by atoms with Crippen molar-refractivity contribution in [2.24, 2.45) is 0 Å². The lowest BCUT2D eigenvalue weighted by Crippen LogP contribution is -2.16. The van der Waals surface area contributed by atoms with Crippen LogP contribution in [0.4, 0.5) is 5.69 Å². The van der Waals surface area contributed by atoms with Gasteiger partial charge in [-0.05, 0) is 36.8 Å². The van der Waals surface area contributed by atoms with Crippen molar-refractivity contribution in [3.63, 3.8) is 0 Å². The summed E-state index contributed by atoms with van der Waals surface area (Å²) in [5.74, 6) is -0.265. The number of para-hydroxylation sites is 2. The molecular formula is C19H17N3O2. The Kier molecular flexibility index (Phi) is 4.52. The Morgan fingerprint density at radius 2 is 1.75 bits per heavy atom. The number of nitrogens with zero attached hydrogens (tertiary/aromatic N) is 2. The van der Waals surface area contributed by atoms with E-state index in [1.807, 2.05) is 36.5 Å². The van der Waals surface area contributed by atoms with Gasteiger partial charge in [0.1, 0.15) is 0 Å². The van der Waals surface area contributed by atoms with Crippen LogP contribution in [0, 0.1) is 0 Å². The van der Waals surface area contributed by atoms with Crippen LogP contribution in [0.1, 0.15) is 22.8 Å². The van der Waals surface area contributed by atoms with Gasteiger partial charge in [-0.1, -0.05) is 30.3 Å². The highest BCUT2D eigenvalue weighted by molar-refractivity contribution is 6.03. The fraction of sp³-hybridized carbons (Fsp3) is 0.105. The van der Waals surface area contributed by atoms with Gasteiger partial charge in [-0.25, -0.2) is 4.68 Å². The summed E-state index contributed by atoms with van der Waals surface area (Å²) >= 11 is 0. The number of carbonyl (C=O) groups is 2. The Morgan fingerprint density at radius 1 is 1.04 bits per heavy atom. The van der Waals surface area contributed by atoms with Crippen molar-refractivity contribution in [3.8, 4) is 5.69 Å². The Bertz CT molecular complexity index is 869. The Labute approximate surface area is 139 Å². The van der Waals surface area contributed by atoms with Crippen LogP contribution in [0.15, 0.2) is 67.0 Å². The first-order chi connectivity index (χ1) is 11.6. The fourth-order valence-corrected chi connectivity index (χ4v) is 2.45. The summed E-state index contributed by atoms with van der Waals surface area (Å²) in [7, 11) is 0. The van der Waals surface area contributed by atoms with Crippen molar-refractivity contribution in [2.75, 3.05) is 5.32 Å². The quantitative estimate of drug-likeness (QED) is 0.734. The van der Waals surface area contributed by atoms with E-state index >= 15 is 0 Å². The maximum absolute atomic E-state index is 12.2. The molecular weight excluding hydrogens is 302 g/mol. The summed E-state index contributed by atoms with van der Waals surface area (Å²) in [5.41, 5.74) is 2.78. The molecule has 0 aliphatic heterocycles. The predicted octanol–water partition coefficient (Wildman–Crippen LogP) is 3.26. The van der Waals surface area contributed by atoms with Gasteiger partial charge in [0, 0.05) is 11.8 Å². The molecule has 0 fully saturated rings. The molecule has 0 aliphatic carbocycles. The molecule has 3 rings (SSSR count). The van der Waals surface area contributed by atoms with Gasteiger partial charge in [-0.15, -0.1) is 0 Å². The molecule has 0 saturated carbocycles. The molecule has 1 aromatic heterocycles. The maximum Gasteiger partial charge on any atom is 0.228 e. The maximum atomic E-state index is 12.2. The molecule has 3 aromatic rings. The number of Topliss-reactive ketones (excluding diaryl/α,β-unsaturated/α-hetero) is 1. The first-order valence-corrected chi connectivity index (χ1v) is 7.62. The first-order valence-electron chi connectivity index (χ1n) is 7.62. The van der Waals surface area contributed by atoms with Crippen LogP contribution in [-0.2, 0) is 11.2 Å². The standard InChI is InChI=1S/C19H17N3O2/c1-14(23)17-9-5-6-10-18(17)21-19(24)11-15-12-20-22(13-15)16-7-3-2-4-8-16/h2-10,12-13H,11H2,1H3,(H,21,24). The van der Waals surface area contributed by atoms with Gasteiger partial charge in [0.15, 0.2) is 5.78 Å². The van der Waals surface area contributed by atoms with Crippen molar-refractivity contribution >= 4 is 17.4 Å². The molecule has 120 valence electrons. The molecule has 1 N–H and O–H groups in total. The zero-order valence-electron chi connectivity index (χ0n) is 13.3. The minimum atomic E-state index is -0.184. The smallest absolute Gasteiger partial charge is 0.228 e. The second kappa shape index (κ2) is 6.91. The lowest BCUT2D eigenvalue weighted by atomic mass is 10.1. The molecule has 0 spiro atoms. The third-order valence-corrected chi connectivity index (χ3v) is 3.60. The zero-order chi connectivity index (χ0) is 16.9. The van der Waals surface area contributed by atoms with Crippen molar-refractivity contribution < 1.29 is 9.59 Å². The summed E-state index contributed by atoms with van der Waals surface area (Å²) in [5, 5.41) is 7.07. The third kappa shape index (κ3) is 3.57. The number of amides is 1. The summed E-state index contributed by atoms with van der Waals surface area (Å²) in [6.07, 6.45) is 3.69. The highest BCUT2D eigenvalue weighted by Crippen LogP contribution is 2.16. The Balaban J connectivity index is 1.70. The average Bonchev–Trinajstić information content (AvgIpc) is 3.04. The van der Waals surface area contributed by atoms with E-state index in [2.05, 4.69) is 10.4 Å². The number of hydrogen-bond acceptors (Lipinski definition) is 3. The van der Waals surface area contributed by atoms with Crippen LogP contribution >= 0.6 is 0 Å². The molecule has 5 heteroatoms. The van der Waals surface area contributed by atoms with Crippen molar-refractivity contribution in [3.05, 3.63) is 78.1 Å². The van der Waals surface area contributed by atoms with Gasteiger partial charge in [-0.3, -0.25) is 9.59 Å². The molecule has 0 unspecified atom stereocenters. The molecule has 0 aliphatic rings. The minimum absolute atomic E-state index is 0.0807. The van der Waals surface area contributed by atoms with Crippen LogP contribution in [0.5, 0.6) is 0 Å². The van der Waals surface area contributed by atoms with E-state index in [1.54, 1.807) is 35.1 Å². The van der Waals surface area contributed by atoms with E-state index in [1.165, 1.54) is 6.92 Å². The van der Waals surface area contributed by atoms with Gasteiger partial charge >= 0.3 is 0 Å². The van der Waals surface area contributed by atoms with Crippen molar-refractivity contribution in [1.82, 2.24) is 9.78 Å². The van der Waals surface area contributed by atoms with E-state index in [0.717, 1.165) is 11.3 Å². The lowest BCUT2D eigenvalue weighted by Gasteiger charge is -2.08. The second-order valence-corrected chi connectivity index (χ2v) is 5.46. The molecule has 24 heavy (non-hydrogen) atoms. The molecule has 1 amide bonds. The molecule has 2 aromatic carbocycles. The number of nitrogens with one attached hydrogen (secondary N) is 1. The van der Waals surface area contributed by atoms with E-state index in [9.17, 15) is 9.59 Å². The van der Waals surface area contributed by atoms with Crippen molar-refractivity contribution in [1.29, 1.82) is 0 Å². The number of anilines is 1. The van der Waals surface area contributed by atoms with Crippen LogP contribution in [0.2, 0.25) is 0 Å². The van der Waals surface area contributed by atoms with Crippen LogP contribution < -0.4 is 5.32 Å². The van der Waals surface area contributed by atoms with Crippen LogP contribution in [0.3, 0.4) is 0 Å². The minimum Gasteiger partial charge on any atom is -0.325 e. The third-order valence-electron chi connectivity index (χ3n) is 3.60. The summed E-state index contributed by atoms with van der Waals surface area (Å²) in [6.45, 7) is 1.48. The van der Waals surface area contributed by atoms with E-state index < -0.39 is 0 Å². The van der Waals surface area contributed by atoms with E-state index in [-0.39, 0.29) is 18.1 Å². The summed E-state index contributed by atoms with van der Waals surface area (Å²) in [4.78, 5) is 23.8. The van der Waals surface area contributed by atoms with Crippen molar-refractivity contribution in [2.45, 2.75) is 13.3 Å². The lowest BCUT2D eigenvalue weighted by molar-refractivity contribution is -0.115. The summed E-state index contributed by atoms with van der Waals surface area (Å²) in [6, 6.07) is 16.7. The zero-order valence-corrected chi connectivity index (χ0v) is 13.3. The molecule has 0 radical (unpaired) electrons. The fourth-order valence-electron chi connectivity index (χ4n) is 2.45. The van der Waals surface area contributed by atoms with E-state index in [0.29, 0.717) is 11.3 Å². The van der Waals surface area contributed by atoms with Gasteiger partial charge in [-0.2, -0.15) is 5.10 Å². The molecule has 5 nitrogen and oxygen atoms in total. The Hall–Kier alpha value is -3.21. The normalized spacial score (nSPS) is 10.4. The SMILES string of the molecule is CC(=O)c1ccccc1NC(=O)Cc1cnn(-c2ccccc2)c1. The average molecular weight is 319 g/mol. The number of carbonyl (C=O) groups excluding carboxylic acids is 2. The number of rotatable bonds is 5. The Morgan fingerprint density at radius 3 is 2.50 bits per heavy atom. The van der Waals surface area contributed by atoms with E-state index in [4.69, 9.17) is 0 Å². The predicted molar refractivity (Wildman–Crippen MR) is 92.3 cm³/mol. The summed E-state index contributed by atoms with van der Waals surface area (Å²) < 4.78 is 1.73.